The quantitative estimate of drug-likeness (QED) is 0.837. The van der Waals surface area contributed by atoms with Crippen LogP contribution in [0.3, 0.4) is 0 Å². The van der Waals surface area contributed by atoms with Crippen LogP contribution in [-0.4, -0.2) is 64.4 Å². The van der Waals surface area contributed by atoms with Gasteiger partial charge in [-0.25, -0.2) is 4.98 Å². The van der Waals surface area contributed by atoms with Gasteiger partial charge in [-0.1, -0.05) is 18.2 Å². The molecule has 1 saturated heterocycles. The van der Waals surface area contributed by atoms with Crippen molar-refractivity contribution in [2.24, 2.45) is 0 Å². The molecule has 2 amide bonds. The summed E-state index contributed by atoms with van der Waals surface area (Å²) in [7, 11) is 0. The van der Waals surface area contributed by atoms with E-state index in [1.165, 1.54) is 18.6 Å². The van der Waals surface area contributed by atoms with Gasteiger partial charge in [-0.3, -0.25) is 14.6 Å². The van der Waals surface area contributed by atoms with Crippen molar-refractivity contribution < 1.29 is 14.3 Å². The van der Waals surface area contributed by atoms with Gasteiger partial charge < -0.3 is 14.5 Å². The number of carbonyl (C=O) groups excluding carboxylic acids is 2. The number of hydrogen-bond acceptors (Lipinski definition) is 5. The number of ether oxygens (including phenoxy) is 1. The molecule has 0 unspecified atom stereocenters. The van der Waals surface area contributed by atoms with Gasteiger partial charge in [0.25, 0.3) is 11.8 Å². The highest BCUT2D eigenvalue weighted by Gasteiger charge is 2.23. The minimum atomic E-state index is -0.150. The molecule has 3 rings (SSSR count). The monoisotopic (exact) mass is 340 g/mol. The average molecular weight is 340 g/mol. The Hall–Kier alpha value is -2.96. The van der Waals surface area contributed by atoms with E-state index in [0.717, 1.165) is 6.42 Å². The first-order valence-electron chi connectivity index (χ1n) is 8.25. The fourth-order valence-electron chi connectivity index (χ4n) is 2.69. The first kappa shape index (κ1) is 16.9. The van der Waals surface area contributed by atoms with Crippen LogP contribution in [0.4, 0.5) is 0 Å². The fraction of sp³-hybridized carbons (Fsp3) is 0.333. The minimum Gasteiger partial charge on any atom is -0.484 e. The highest BCUT2D eigenvalue weighted by molar-refractivity contribution is 5.92. The molecule has 25 heavy (non-hydrogen) atoms. The summed E-state index contributed by atoms with van der Waals surface area (Å²) in [5.41, 5.74) is 0.328. The molecule has 0 N–H and O–H groups in total. The van der Waals surface area contributed by atoms with Gasteiger partial charge in [0, 0.05) is 38.6 Å². The van der Waals surface area contributed by atoms with Crippen molar-refractivity contribution in [1.29, 1.82) is 0 Å². The number of nitrogens with zero attached hydrogens (tertiary/aromatic N) is 4. The molecule has 1 aliphatic rings. The van der Waals surface area contributed by atoms with Crippen molar-refractivity contribution in [3.05, 3.63) is 54.6 Å². The van der Waals surface area contributed by atoms with Crippen LogP contribution in [0.15, 0.2) is 48.9 Å². The zero-order valence-corrected chi connectivity index (χ0v) is 13.9. The molecule has 0 bridgehead atoms. The number of rotatable bonds is 4. The number of carbonyl (C=O) groups is 2. The van der Waals surface area contributed by atoms with Crippen LogP contribution in [0.1, 0.15) is 16.9 Å². The Labute approximate surface area is 146 Å². The van der Waals surface area contributed by atoms with Crippen molar-refractivity contribution in [2.45, 2.75) is 6.42 Å². The zero-order valence-electron chi connectivity index (χ0n) is 13.9. The van der Waals surface area contributed by atoms with Crippen LogP contribution in [0.2, 0.25) is 0 Å². The van der Waals surface area contributed by atoms with Gasteiger partial charge in [-0.2, -0.15) is 0 Å². The SMILES string of the molecule is O=C(COc1ccccc1)N1CCCN(C(=O)c2cnccn2)CC1. The molecule has 1 fully saturated rings. The molecule has 0 aliphatic carbocycles. The van der Waals surface area contributed by atoms with Crippen molar-refractivity contribution in [1.82, 2.24) is 19.8 Å². The zero-order chi connectivity index (χ0) is 17.5. The van der Waals surface area contributed by atoms with Gasteiger partial charge in [0.05, 0.1) is 6.20 Å². The number of hydrogen-bond donors (Lipinski definition) is 0. The van der Waals surface area contributed by atoms with Crippen LogP contribution < -0.4 is 4.74 Å². The van der Waals surface area contributed by atoms with E-state index in [4.69, 9.17) is 4.74 Å². The summed E-state index contributed by atoms with van der Waals surface area (Å²) >= 11 is 0. The van der Waals surface area contributed by atoms with Crippen LogP contribution in [0.25, 0.3) is 0 Å². The lowest BCUT2D eigenvalue weighted by atomic mass is 10.3. The highest BCUT2D eigenvalue weighted by Crippen LogP contribution is 2.10. The Morgan fingerprint density at radius 1 is 1.00 bits per heavy atom. The van der Waals surface area contributed by atoms with Crippen LogP contribution in [-0.2, 0) is 4.79 Å². The summed E-state index contributed by atoms with van der Waals surface area (Å²) in [6, 6.07) is 9.25. The van der Waals surface area contributed by atoms with Gasteiger partial charge in [-0.15, -0.1) is 0 Å². The van der Waals surface area contributed by atoms with Gasteiger partial charge in [0.1, 0.15) is 11.4 Å². The maximum Gasteiger partial charge on any atom is 0.274 e. The predicted molar refractivity (Wildman–Crippen MR) is 91.1 cm³/mol. The molecule has 2 heterocycles. The Morgan fingerprint density at radius 3 is 2.52 bits per heavy atom. The summed E-state index contributed by atoms with van der Waals surface area (Å²) in [4.78, 5) is 36.2. The largest absolute Gasteiger partial charge is 0.484 e. The molecule has 0 atom stereocenters. The van der Waals surface area contributed by atoms with Crippen LogP contribution in [0, 0.1) is 0 Å². The van der Waals surface area contributed by atoms with Gasteiger partial charge in [-0.05, 0) is 18.6 Å². The highest BCUT2D eigenvalue weighted by atomic mass is 16.5. The third-order valence-corrected chi connectivity index (χ3v) is 4.02. The van der Waals surface area contributed by atoms with Crippen LogP contribution >= 0.6 is 0 Å². The van der Waals surface area contributed by atoms with E-state index in [-0.39, 0.29) is 18.4 Å². The van der Waals surface area contributed by atoms with Crippen molar-refractivity contribution >= 4 is 11.8 Å². The molecule has 1 aliphatic heterocycles. The van der Waals surface area contributed by atoms with Crippen molar-refractivity contribution in [3.63, 3.8) is 0 Å². The average Bonchev–Trinajstić information content (AvgIpc) is 2.93. The molecular formula is C18H20N4O3. The molecule has 1 aromatic carbocycles. The molecular weight excluding hydrogens is 320 g/mol. The van der Waals surface area contributed by atoms with Gasteiger partial charge in [0.15, 0.2) is 6.61 Å². The number of amides is 2. The Balaban J connectivity index is 1.52. The Morgan fingerprint density at radius 2 is 1.76 bits per heavy atom. The number of benzene rings is 1. The molecule has 7 nitrogen and oxygen atoms in total. The third-order valence-electron chi connectivity index (χ3n) is 4.02. The standard InChI is InChI=1S/C18H20N4O3/c23-17(14-25-15-5-2-1-3-6-15)21-9-4-10-22(12-11-21)18(24)16-13-19-7-8-20-16/h1-3,5-8,13H,4,9-12,14H2. The van der Waals surface area contributed by atoms with E-state index < -0.39 is 0 Å². The summed E-state index contributed by atoms with van der Waals surface area (Å²) in [6.45, 7) is 2.18. The molecule has 7 heteroatoms. The lowest BCUT2D eigenvalue weighted by Gasteiger charge is -2.22. The van der Waals surface area contributed by atoms with E-state index in [1.54, 1.807) is 9.80 Å². The van der Waals surface area contributed by atoms with E-state index in [0.29, 0.717) is 37.6 Å². The summed E-state index contributed by atoms with van der Waals surface area (Å²) in [5.74, 6) is 0.450. The minimum absolute atomic E-state index is 0.00210. The molecule has 0 saturated carbocycles. The molecule has 1 aromatic heterocycles. The summed E-state index contributed by atoms with van der Waals surface area (Å²) < 4.78 is 5.52. The summed E-state index contributed by atoms with van der Waals surface area (Å²) in [6.07, 6.45) is 5.22. The van der Waals surface area contributed by atoms with E-state index >= 15 is 0 Å². The second kappa shape index (κ2) is 8.23. The number of aromatic nitrogens is 2. The van der Waals surface area contributed by atoms with E-state index in [2.05, 4.69) is 9.97 Å². The normalized spacial score (nSPS) is 14.7. The van der Waals surface area contributed by atoms with Crippen molar-refractivity contribution in [3.8, 4) is 5.75 Å². The first-order chi connectivity index (χ1) is 12.2. The lowest BCUT2D eigenvalue weighted by molar-refractivity contribution is -0.133. The predicted octanol–water partition coefficient (Wildman–Crippen LogP) is 1.23. The third kappa shape index (κ3) is 4.53. The maximum atomic E-state index is 12.4. The Kier molecular flexibility index (Phi) is 5.56. The smallest absolute Gasteiger partial charge is 0.274 e. The van der Waals surface area contributed by atoms with E-state index in [9.17, 15) is 9.59 Å². The topological polar surface area (TPSA) is 75.6 Å². The maximum absolute atomic E-state index is 12.4. The van der Waals surface area contributed by atoms with Crippen molar-refractivity contribution in [2.75, 3.05) is 32.8 Å². The van der Waals surface area contributed by atoms with Gasteiger partial charge >= 0.3 is 0 Å². The second-order valence-corrected chi connectivity index (χ2v) is 5.72. The Bertz CT molecular complexity index is 709. The first-order valence-corrected chi connectivity index (χ1v) is 8.25. The second-order valence-electron chi connectivity index (χ2n) is 5.72. The molecule has 0 spiro atoms. The fourth-order valence-corrected chi connectivity index (χ4v) is 2.69. The lowest BCUT2D eigenvalue weighted by Crippen LogP contribution is -2.39. The molecule has 2 aromatic rings. The van der Waals surface area contributed by atoms with Crippen LogP contribution in [0.5, 0.6) is 5.75 Å². The van der Waals surface area contributed by atoms with E-state index in [1.807, 2.05) is 30.3 Å². The number of para-hydroxylation sites is 1. The van der Waals surface area contributed by atoms with Gasteiger partial charge in [0.2, 0.25) is 0 Å². The molecule has 0 radical (unpaired) electrons. The molecule has 130 valence electrons. The summed E-state index contributed by atoms with van der Waals surface area (Å²) in [5, 5.41) is 0.